The first-order valence-electron chi connectivity index (χ1n) is 7.96. The lowest BCUT2D eigenvalue weighted by atomic mass is 10.2. The average Bonchev–Trinajstić information content (AvgIpc) is 2.99. The molecule has 3 rings (SSSR count). The maximum Gasteiger partial charge on any atom is 0.339 e. The molecule has 132 valence electrons. The van der Waals surface area contributed by atoms with E-state index >= 15 is 0 Å². The highest BCUT2D eigenvalue weighted by molar-refractivity contribution is 7.87. The normalized spacial score (nSPS) is 13.6. The number of carbonyl (C=O) groups excluding carboxylic acids is 1. The van der Waals surface area contributed by atoms with Crippen LogP contribution in [0.4, 0.5) is 5.69 Å². The molecule has 0 aliphatic carbocycles. The van der Waals surface area contributed by atoms with Gasteiger partial charge in [0.15, 0.2) is 0 Å². The molecule has 0 saturated heterocycles. The van der Waals surface area contributed by atoms with Gasteiger partial charge in [0, 0.05) is 24.2 Å². The molecule has 0 radical (unpaired) electrons. The van der Waals surface area contributed by atoms with E-state index in [4.69, 9.17) is 15.8 Å². The van der Waals surface area contributed by atoms with Gasteiger partial charge in [0.1, 0.15) is 10.6 Å². The van der Waals surface area contributed by atoms with Gasteiger partial charge in [0.2, 0.25) is 5.91 Å². The summed E-state index contributed by atoms with van der Waals surface area (Å²) in [5.74, 6) is 0.172. The standard InChI is InChI=1S/C18H18ClNO4S/c1-3-13-10-15(4-6-17(13)19)24-25(22,23)16-5-7-18-14(11-16)8-9-20(18)12(2)21/h4-7,10-11H,3,8-9H2,1-2H3. The van der Waals surface area contributed by atoms with Crippen molar-refractivity contribution in [1.82, 2.24) is 0 Å². The summed E-state index contributed by atoms with van der Waals surface area (Å²) in [5, 5.41) is 0.578. The lowest BCUT2D eigenvalue weighted by Gasteiger charge is -2.15. The monoisotopic (exact) mass is 379 g/mol. The van der Waals surface area contributed by atoms with Crippen LogP contribution in [-0.2, 0) is 27.8 Å². The predicted molar refractivity (Wildman–Crippen MR) is 96.8 cm³/mol. The van der Waals surface area contributed by atoms with Crippen molar-refractivity contribution in [1.29, 1.82) is 0 Å². The Hall–Kier alpha value is -2.05. The van der Waals surface area contributed by atoms with E-state index in [1.165, 1.54) is 19.1 Å². The van der Waals surface area contributed by atoms with Crippen LogP contribution < -0.4 is 9.08 Å². The highest BCUT2D eigenvalue weighted by Crippen LogP contribution is 2.31. The Labute approximate surface area is 152 Å². The molecule has 0 aromatic heterocycles. The summed E-state index contributed by atoms with van der Waals surface area (Å²) in [4.78, 5) is 13.3. The first-order valence-corrected chi connectivity index (χ1v) is 9.74. The van der Waals surface area contributed by atoms with Crippen molar-refractivity contribution in [2.45, 2.75) is 31.6 Å². The van der Waals surface area contributed by atoms with Gasteiger partial charge in [-0.15, -0.1) is 0 Å². The van der Waals surface area contributed by atoms with Crippen LogP contribution in [0.15, 0.2) is 41.3 Å². The van der Waals surface area contributed by atoms with Crippen LogP contribution in [0.1, 0.15) is 25.0 Å². The predicted octanol–water partition coefficient (Wildman–Crippen LogP) is 3.58. The summed E-state index contributed by atoms with van der Waals surface area (Å²) in [7, 11) is -3.96. The number of hydrogen-bond acceptors (Lipinski definition) is 4. The SMILES string of the molecule is CCc1cc(OS(=O)(=O)c2ccc3c(c2)CCN3C(C)=O)ccc1Cl. The summed E-state index contributed by atoms with van der Waals surface area (Å²) in [6, 6.07) is 9.48. The van der Waals surface area contributed by atoms with Crippen LogP contribution in [0.2, 0.25) is 5.02 Å². The highest BCUT2D eigenvalue weighted by Gasteiger charge is 2.25. The van der Waals surface area contributed by atoms with Gasteiger partial charge in [0.05, 0.1) is 0 Å². The number of hydrogen-bond donors (Lipinski definition) is 0. The number of carbonyl (C=O) groups is 1. The summed E-state index contributed by atoms with van der Waals surface area (Å²) < 4.78 is 30.4. The van der Waals surface area contributed by atoms with E-state index in [-0.39, 0.29) is 16.6 Å². The fourth-order valence-electron chi connectivity index (χ4n) is 2.91. The topological polar surface area (TPSA) is 63.7 Å². The zero-order valence-electron chi connectivity index (χ0n) is 14.0. The summed E-state index contributed by atoms with van der Waals surface area (Å²) in [6.45, 7) is 3.99. The maximum atomic E-state index is 12.6. The van der Waals surface area contributed by atoms with E-state index in [1.807, 2.05) is 6.92 Å². The Morgan fingerprint density at radius 2 is 2.00 bits per heavy atom. The summed E-state index contributed by atoms with van der Waals surface area (Å²) in [6.07, 6.45) is 1.30. The number of rotatable bonds is 4. The second kappa shape index (κ2) is 6.69. The lowest BCUT2D eigenvalue weighted by molar-refractivity contribution is -0.116. The Morgan fingerprint density at radius 3 is 2.68 bits per heavy atom. The molecule has 1 heterocycles. The molecule has 1 aliphatic rings. The fraction of sp³-hybridized carbons (Fsp3) is 0.278. The number of halogens is 1. The van der Waals surface area contributed by atoms with Crippen LogP contribution in [-0.4, -0.2) is 20.9 Å². The maximum absolute atomic E-state index is 12.6. The molecular weight excluding hydrogens is 362 g/mol. The van der Waals surface area contributed by atoms with Crippen molar-refractivity contribution in [2.24, 2.45) is 0 Å². The van der Waals surface area contributed by atoms with E-state index < -0.39 is 10.1 Å². The van der Waals surface area contributed by atoms with Gasteiger partial charge >= 0.3 is 10.1 Å². The second-order valence-corrected chi connectivity index (χ2v) is 7.81. The summed E-state index contributed by atoms with van der Waals surface area (Å²) in [5.41, 5.74) is 2.40. The van der Waals surface area contributed by atoms with Gasteiger partial charge in [-0.25, -0.2) is 0 Å². The first-order chi connectivity index (χ1) is 11.8. The quantitative estimate of drug-likeness (QED) is 0.762. The zero-order valence-corrected chi connectivity index (χ0v) is 15.5. The van der Waals surface area contributed by atoms with Crippen LogP contribution in [0.5, 0.6) is 5.75 Å². The number of anilines is 1. The van der Waals surface area contributed by atoms with E-state index in [0.717, 1.165) is 16.8 Å². The first kappa shape index (κ1) is 17.8. The van der Waals surface area contributed by atoms with Crippen LogP contribution in [0.25, 0.3) is 0 Å². The van der Waals surface area contributed by atoms with Gasteiger partial charge in [0.25, 0.3) is 0 Å². The number of fused-ring (bicyclic) bond motifs is 1. The molecule has 0 spiro atoms. The number of aryl methyl sites for hydroxylation is 1. The third-order valence-corrected chi connectivity index (χ3v) is 5.83. The molecule has 7 heteroatoms. The van der Waals surface area contributed by atoms with E-state index in [2.05, 4.69) is 0 Å². The van der Waals surface area contributed by atoms with Crippen LogP contribution in [0.3, 0.4) is 0 Å². The van der Waals surface area contributed by atoms with Crippen molar-refractivity contribution < 1.29 is 17.4 Å². The molecular formula is C18H18ClNO4S. The molecule has 5 nitrogen and oxygen atoms in total. The van der Waals surface area contributed by atoms with E-state index in [0.29, 0.717) is 24.4 Å². The Bertz CT molecular complexity index is 940. The van der Waals surface area contributed by atoms with Crippen molar-refractivity contribution in [2.75, 3.05) is 11.4 Å². The molecule has 0 bridgehead atoms. The third-order valence-electron chi connectivity index (χ3n) is 4.22. The molecule has 1 amide bonds. The molecule has 0 saturated carbocycles. The molecule has 2 aromatic rings. The Kier molecular flexibility index (Phi) is 4.75. The minimum absolute atomic E-state index is 0.0566. The third kappa shape index (κ3) is 3.50. The average molecular weight is 380 g/mol. The molecule has 0 unspecified atom stereocenters. The van der Waals surface area contributed by atoms with Crippen molar-refractivity contribution in [3.63, 3.8) is 0 Å². The largest absolute Gasteiger partial charge is 0.379 e. The molecule has 0 atom stereocenters. The minimum Gasteiger partial charge on any atom is -0.379 e. The van der Waals surface area contributed by atoms with Gasteiger partial charge in [-0.2, -0.15) is 8.42 Å². The van der Waals surface area contributed by atoms with Crippen LogP contribution >= 0.6 is 11.6 Å². The molecule has 0 fully saturated rings. The Morgan fingerprint density at radius 1 is 1.24 bits per heavy atom. The summed E-state index contributed by atoms with van der Waals surface area (Å²) >= 11 is 6.05. The number of benzene rings is 2. The van der Waals surface area contributed by atoms with Gasteiger partial charge in [-0.05, 0) is 60.4 Å². The Balaban J connectivity index is 1.90. The fourth-order valence-corrected chi connectivity index (χ4v) is 4.14. The molecule has 0 N–H and O–H groups in total. The highest BCUT2D eigenvalue weighted by atomic mass is 35.5. The zero-order chi connectivity index (χ0) is 18.2. The van der Waals surface area contributed by atoms with E-state index in [9.17, 15) is 13.2 Å². The smallest absolute Gasteiger partial charge is 0.339 e. The minimum atomic E-state index is -3.96. The number of nitrogens with zero attached hydrogens (tertiary/aromatic N) is 1. The molecule has 25 heavy (non-hydrogen) atoms. The van der Waals surface area contributed by atoms with E-state index in [1.54, 1.807) is 29.2 Å². The molecule has 2 aromatic carbocycles. The second-order valence-electron chi connectivity index (χ2n) is 5.86. The molecule has 1 aliphatic heterocycles. The van der Waals surface area contributed by atoms with Gasteiger partial charge in [-0.3, -0.25) is 4.79 Å². The van der Waals surface area contributed by atoms with Crippen LogP contribution in [0, 0.1) is 0 Å². The van der Waals surface area contributed by atoms with Gasteiger partial charge < -0.3 is 9.08 Å². The van der Waals surface area contributed by atoms with Crippen molar-refractivity contribution in [3.05, 3.63) is 52.5 Å². The van der Waals surface area contributed by atoms with Crippen molar-refractivity contribution >= 4 is 33.3 Å². The van der Waals surface area contributed by atoms with Gasteiger partial charge in [-0.1, -0.05) is 18.5 Å². The van der Waals surface area contributed by atoms with Crippen molar-refractivity contribution in [3.8, 4) is 5.75 Å². The number of amides is 1. The lowest BCUT2D eigenvalue weighted by Crippen LogP contribution is -2.25.